The smallest absolute Gasteiger partial charge is 0.174 e. The van der Waals surface area contributed by atoms with Crippen molar-refractivity contribution >= 4 is 15.9 Å². The Morgan fingerprint density at radius 1 is 1.32 bits per heavy atom. The lowest BCUT2D eigenvalue weighted by atomic mass is 10.2. The molecule has 19 heavy (non-hydrogen) atoms. The van der Waals surface area contributed by atoms with E-state index in [4.69, 9.17) is 14.2 Å². The van der Waals surface area contributed by atoms with Gasteiger partial charge in [0.25, 0.3) is 0 Å². The number of nitrogens with one attached hydrogen (secondary N) is 1. The molecule has 0 saturated carbocycles. The molecule has 0 spiro atoms. The number of hydrogen-bond donors (Lipinski definition) is 1. The summed E-state index contributed by atoms with van der Waals surface area (Å²) in [5, 5.41) is 3.35. The average molecular weight is 330 g/mol. The van der Waals surface area contributed by atoms with Crippen molar-refractivity contribution < 1.29 is 14.2 Å². The van der Waals surface area contributed by atoms with Gasteiger partial charge in [0, 0.05) is 6.54 Å². The predicted molar refractivity (Wildman–Crippen MR) is 79.7 cm³/mol. The minimum atomic E-state index is 0.687. The Morgan fingerprint density at radius 3 is 2.74 bits per heavy atom. The Labute approximate surface area is 122 Å². The zero-order valence-corrected chi connectivity index (χ0v) is 13.0. The minimum absolute atomic E-state index is 0.687. The number of ether oxygens (including phenoxy) is 3. The third kappa shape index (κ3) is 5.12. The van der Waals surface area contributed by atoms with Crippen LogP contribution < -0.4 is 14.8 Å². The number of rotatable bonds is 9. The van der Waals surface area contributed by atoms with Crippen molar-refractivity contribution in [1.29, 1.82) is 0 Å². The number of benzene rings is 1. The van der Waals surface area contributed by atoms with E-state index in [1.54, 1.807) is 14.2 Å². The molecular formula is C14H20BrNO3. The molecule has 0 atom stereocenters. The molecule has 0 aromatic heterocycles. The van der Waals surface area contributed by atoms with Crippen LogP contribution in [0.5, 0.6) is 11.5 Å². The minimum Gasteiger partial charge on any atom is -0.502 e. The third-order valence-electron chi connectivity index (χ3n) is 2.56. The molecule has 1 aromatic rings. The lowest BCUT2D eigenvalue weighted by molar-refractivity contribution is 0.244. The number of halogens is 1. The second-order valence-electron chi connectivity index (χ2n) is 3.88. The molecule has 1 aromatic carbocycles. The average Bonchev–Trinajstić information content (AvgIpc) is 2.42. The molecule has 0 aliphatic heterocycles. The highest BCUT2D eigenvalue weighted by atomic mass is 79.9. The summed E-state index contributed by atoms with van der Waals surface area (Å²) >= 11 is 3.48. The fraction of sp³-hybridized carbons (Fsp3) is 0.429. The molecule has 1 N–H and O–H groups in total. The zero-order valence-electron chi connectivity index (χ0n) is 11.4. The van der Waals surface area contributed by atoms with E-state index in [-0.39, 0.29) is 0 Å². The first-order valence-electron chi connectivity index (χ1n) is 6.06. The first-order valence-corrected chi connectivity index (χ1v) is 6.85. The molecule has 0 bridgehead atoms. The summed E-state index contributed by atoms with van der Waals surface area (Å²) in [6.45, 7) is 5.84. The summed E-state index contributed by atoms with van der Waals surface area (Å²) in [7, 11) is 3.26. The van der Waals surface area contributed by atoms with E-state index in [9.17, 15) is 0 Å². The van der Waals surface area contributed by atoms with Gasteiger partial charge in [0.15, 0.2) is 11.5 Å². The van der Waals surface area contributed by atoms with Crippen LogP contribution in [0.15, 0.2) is 29.4 Å². The maximum absolute atomic E-state index is 5.30. The van der Waals surface area contributed by atoms with Gasteiger partial charge in [0.05, 0.1) is 31.6 Å². The molecule has 1 rings (SSSR count). The molecule has 0 fully saturated rings. The second-order valence-corrected chi connectivity index (χ2v) is 4.74. The van der Waals surface area contributed by atoms with Crippen LogP contribution in [-0.2, 0) is 11.3 Å². The van der Waals surface area contributed by atoms with E-state index in [0.717, 1.165) is 35.3 Å². The van der Waals surface area contributed by atoms with Crippen LogP contribution in [0.2, 0.25) is 0 Å². The standard InChI is InChI=1S/C14H20BrNO3/c1-4-19-7-5-6-16-10-11-8-12(15)14(18-3)13(9-11)17-2/h4,8-9,16H,1,5-7,10H2,2-3H3. The number of hydrogen-bond acceptors (Lipinski definition) is 4. The lowest BCUT2D eigenvalue weighted by Crippen LogP contribution is -2.16. The highest BCUT2D eigenvalue weighted by molar-refractivity contribution is 9.10. The van der Waals surface area contributed by atoms with E-state index in [1.165, 1.54) is 6.26 Å². The molecule has 0 amide bonds. The maximum Gasteiger partial charge on any atom is 0.174 e. The Hall–Kier alpha value is -1.20. The summed E-state index contributed by atoms with van der Waals surface area (Å²) in [4.78, 5) is 0. The van der Waals surface area contributed by atoms with Crippen molar-refractivity contribution in [3.63, 3.8) is 0 Å². The van der Waals surface area contributed by atoms with Crippen LogP contribution in [0.3, 0.4) is 0 Å². The Balaban J connectivity index is 2.50. The molecule has 5 heteroatoms. The van der Waals surface area contributed by atoms with Gasteiger partial charge in [0.2, 0.25) is 0 Å². The monoisotopic (exact) mass is 329 g/mol. The van der Waals surface area contributed by atoms with E-state index in [1.807, 2.05) is 12.1 Å². The molecule has 0 unspecified atom stereocenters. The Bertz CT molecular complexity index is 410. The van der Waals surface area contributed by atoms with Gasteiger partial charge in [0.1, 0.15) is 0 Å². The van der Waals surface area contributed by atoms with Crippen LogP contribution in [-0.4, -0.2) is 27.4 Å². The topological polar surface area (TPSA) is 39.7 Å². The third-order valence-corrected chi connectivity index (χ3v) is 3.15. The fourth-order valence-corrected chi connectivity index (χ4v) is 2.32. The normalized spacial score (nSPS) is 10.1. The van der Waals surface area contributed by atoms with Gasteiger partial charge in [-0.3, -0.25) is 0 Å². The van der Waals surface area contributed by atoms with Crippen molar-refractivity contribution in [1.82, 2.24) is 5.32 Å². The van der Waals surface area contributed by atoms with Gasteiger partial charge in [-0.25, -0.2) is 0 Å². The zero-order chi connectivity index (χ0) is 14.1. The SMILES string of the molecule is C=COCCCNCc1cc(Br)c(OC)c(OC)c1. The van der Waals surface area contributed by atoms with E-state index in [0.29, 0.717) is 12.4 Å². The molecule has 0 radical (unpaired) electrons. The van der Waals surface area contributed by atoms with Gasteiger partial charge in [-0.15, -0.1) is 0 Å². The van der Waals surface area contributed by atoms with Crippen LogP contribution in [0.1, 0.15) is 12.0 Å². The fourth-order valence-electron chi connectivity index (χ4n) is 1.67. The lowest BCUT2D eigenvalue weighted by Gasteiger charge is -2.12. The van der Waals surface area contributed by atoms with E-state index in [2.05, 4.69) is 27.8 Å². The molecule has 4 nitrogen and oxygen atoms in total. The van der Waals surface area contributed by atoms with Gasteiger partial charge >= 0.3 is 0 Å². The van der Waals surface area contributed by atoms with E-state index >= 15 is 0 Å². The summed E-state index contributed by atoms with van der Waals surface area (Å²) in [5.41, 5.74) is 1.13. The van der Waals surface area contributed by atoms with Crippen molar-refractivity contribution in [2.75, 3.05) is 27.4 Å². The van der Waals surface area contributed by atoms with E-state index < -0.39 is 0 Å². The van der Waals surface area contributed by atoms with Crippen LogP contribution >= 0.6 is 15.9 Å². The molecule has 106 valence electrons. The summed E-state index contributed by atoms with van der Waals surface area (Å²) < 4.78 is 16.5. The molecule has 0 saturated heterocycles. The molecular weight excluding hydrogens is 310 g/mol. The van der Waals surface area contributed by atoms with Crippen molar-refractivity contribution in [3.8, 4) is 11.5 Å². The van der Waals surface area contributed by atoms with Crippen LogP contribution in [0.4, 0.5) is 0 Å². The van der Waals surface area contributed by atoms with Gasteiger partial charge < -0.3 is 19.5 Å². The highest BCUT2D eigenvalue weighted by Gasteiger charge is 2.10. The molecule has 0 heterocycles. The largest absolute Gasteiger partial charge is 0.502 e. The van der Waals surface area contributed by atoms with Crippen molar-refractivity contribution in [2.24, 2.45) is 0 Å². The molecule has 0 aliphatic carbocycles. The van der Waals surface area contributed by atoms with Gasteiger partial charge in [-0.2, -0.15) is 0 Å². The Morgan fingerprint density at radius 2 is 2.11 bits per heavy atom. The molecule has 0 aliphatic rings. The number of methoxy groups -OCH3 is 2. The van der Waals surface area contributed by atoms with Crippen LogP contribution in [0.25, 0.3) is 0 Å². The van der Waals surface area contributed by atoms with Crippen molar-refractivity contribution in [2.45, 2.75) is 13.0 Å². The first kappa shape index (κ1) is 15.9. The van der Waals surface area contributed by atoms with Crippen molar-refractivity contribution in [3.05, 3.63) is 35.0 Å². The quantitative estimate of drug-likeness (QED) is 0.558. The summed E-state index contributed by atoms with van der Waals surface area (Å²) in [6, 6.07) is 3.99. The summed E-state index contributed by atoms with van der Waals surface area (Å²) in [6.07, 6.45) is 2.41. The summed E-state index contributed by atoms with van der Waals surface area (Å²) in [5.74, 6) is 1.44. The first-order chi connectivity index (χ1) is 9.22. The van der Waals surface area contributed by atoms with Crippen LogP contribution in [0, 0.1) is 0 Å². The van der Waals surface area contributed by atoms with Gasteiger partial charge in [-0.05, 0) is 46.6 Å². The van der Waals surface area contributed by atoms with Gasteiger partial charge in [-0.1, -0.05) is 6.58 Å². The highest BCUT2D eigenvalue weighted by Crippen LogP contribution is 2.36. The predicted octanol–water partition coefficient (Wildman–Crippen LogP) is 3.11. The maximum atomic E-state index is 5.30. The Kier molecular flexibility index (Phi) is 7.36. The second kappa shape index (κ2) is 8.82.